The van der Waals surface area contributed by atoms with Crippen molar-refractivity contribution in [1.82, 2.24) is 0 Å². The van der Waals surface area contributed by atoms with E-state index in [1.807, 2.05) is 6.08 Å². The molecule has 0 N–H and O–H groups in total. The van der Waals surface area contributed by atoms with Crippen molar-refractivity contribution >= 4 is 51.9 Å². The number of ether oxygens (including phenoxy) is 2. The van der Waals surface area contributed by atoms with Crippen molar-refractivity contribution < 1.29 is 23.5 Å². The second-order valence-electron chi connectivity index (χ2n) is 7.88. The fourth-order valence-corrected chi connectivity index (χ4v) is 5.85. The lowest BCUT2D eigenvalue weighted by Crippen LogP contribution is -2.53. The molecule has 0 fully saturated rings. The van der Waals surface area contributed by atoms with E-state index in [0.717, 1.165) is 4.48 Å². The summed E-state index contributed by atoms with van der Waals surface area (Å²) in [5.41, 5.74) is -0.715. The molecule has 0 amide bonds. The van der Waals surface area contributed by atoms with Crippen LogP contribution in [0.25, 0.3) is 0 Å². The first kappa shape index (κ1) is 21.7. The minimum atomic E-state index is -2.16. The Morgan fingerprint density at radius 1 is 1.35 bits per heavy atom. The third-order valence-electron chi connectivity index (χ3n) is 5.09. The largest absolute Gasteiger partial charge is 0.495 e. The molecular formula is C17H25Br2NO5Si. The maximum Gasteiger partial charge on any atom is 0.356 e. The molecule has 1 heterocycles. The number of carbonyl (C=O) groups excluding carboxylic acids is 1. The van der Waals surface area contributed by atoms with Crippen molar-refractivity contribution in [3.63, 3.8) is 0 Å². The quantitative estimate of drug-likeness (QED) is 0.408. The highest BCUT2D eigenvalue weighted by Crippen LogP contribution is 2.48. The van der Waals surface area contributed by atoms with Crippen molar-refractivity contribution in [2.45, 2.75) is 57.0 Å². The van der Waals surface area contributed by atoms with Crippen LogP contribution in [0.5, 0.6) is 0 Å². The Morgan fingerprint density at radius 3 is 2.46 bits per heavy atom. The monoisotopic (exact) mass is 509 g/mol. The number of allylic oxidation sites excluding steroid dienone is 1. The molecule has 0 saturated carbocycles. The minimum Gasteiger partial charge on any atom is -0.495 e. The maximum absolute atomic E-state index is 11.9. The SMILES string of the molecule is COC(=O)C1=NOC2(C=C(Br)C(OC)=C(Br)C2O[Si](C)(C)C(C)(C)C)C1. The van der Waals surface area contributed by atoms with Crippen LogP contribution in [0, 0.1) is 0 Å². The van der Waals surface area contributed by atoms with Gasteiger partial charge in [0.15, 0.2) is 19.6 Å². The molecule has 146 valence electrons. The Morgan fingerprint density at radius 2 is 1.96 bits per heavy atom. The summed E-state index contributed by atoms with van der Waals surface area (Å²) >= 11 is 7.15. The van der Waals surface area contributed by atoms with E-state index < -0.39 is 26.0 Å². The number of hydrogen-bond donors (Lipinski definition) is 0. The number of nitrogens with zero attached hydrogens (tertiary/aromatic N) is 1. The predicted octanol–water partition coefficient (Wildman–Crippen LogP) is 4.61. The summed E-state index contributed by atoms with van der Waals surface area (Å²) in [6.45, 7) is 10.8. The van der Waals surface area contributed by atoms with Gasteiger partial charge >= 0.3 is 5.97 Å². The van der Waals surface area contributed by atoms with E-state index in [1.165, 1.54) is 7.11 Å². The van der Waals surface area contributed by atoms with E-state index in [1.54, 1.807) is 7.11 Å². The van der Waals surface area contributed by atoms with Gasteiger partial charge in [-0.15, -0.1) is 0 Å². The molecule has 6 nitrogen and oxygen atoms in total. The molecule has 26 heavy (non-hydrogen) atoms. The lowest BCUT2D eigenvalue weighted by atomic mass is 9.87. The van der Waals surface area contributed by atoms with Crippen LogP contribution >= 0.6 is 31.9 Å². The van der Waals surface area contributed by atoms with Crippen LogP contribution < -0.4 is 0 Å². The molecule has 2 rings (SSSR count). The molecular weight excluding hydrogens is 486 g/mol. The highest BCUT2D eigenvalue weighted by atomic mass is 79.9. The molecule has 1 spiro atoms. The van der Waals surface area contributed by atoms with Gasteiger partial charge < -0.3 is 18.7 Å². The Kier molecular flexibility index (Phi) is 6.17. The summed E-state index contributed by atoms with van der Waals surface area (Å²) in [6.07, 6.45) is 1.61. The molecule has 0 radical (unpaired) electrons. The Labute approximate surface area is 172 Å². The number of rotatable bonds is 4. The summed E-state index contributed by atoms with van der Waals surface area (Å²) in [5, 5.41) is 3.97. The van der Waals surface area contributed by atoms with Gasteiger partial charge in [-0.3, -0.25) is 0 Å². The van der Waals surface area contributed by atoms with Gasteiger partial charge in [0, 0.05) is 6.42 Å². The van der Waals surface area contributed by atoms with Crippen molar-refractivity contribution in [2.75, 3.05) is 14.2 Å². The number of halogens is 2. The summed E-state index contributed by atoms with van der Waals surface area (Å²) in [4.78, 5) is 17.7. The van der Waals surface area contributed by atoms with Gasteiger partial charge in [-0.1, -0.05) is 25.9 Å². The van der Waals surface area contributed by atoms with Crippen molar-refractivity contribution in [3.05, 3.63) is 20.8 Å². The predicted molar refractivity (Wildman–Crippen MR) is 110 cm³/mol. The first-order valence-corrected chi connectivity index (χ1v) is 12.7. The van der Waals surface area contributed by atoms with Crippen molar-refractivity contribution in [1.29, 1.82) is 0 Å². The zero-order valence-corrected chi connectivity index (χ0v) is 20.3. The highest BCUT2D eigenvalue weighted by molar-refractivity contribution is 9.12. The summed E-state index contributed by atoms with van der Waals surface area (Å²) in [6, 6.07) is 0. The van der Waals surface area contributed by atoms with Crippen LogP contribution in [0.2, 0.25) is 18.1 Å². The molecule has 0 aromatic heterocycles. The Balaban J connectivity index is 2.47. The van der Waals surface area contributed by atoms with E-state index >= 15 is 0 Å². The van der Waals surface area contributed by atoms with Crippen LogP contribution in [0.3, 0.4) is 0 Å². The summed E-state index contributed by atoms with van der Waals surface area (Å²) < 4.78 is 18.4. The van der Waals surface area contributed by atoms with Gasteiger partial charge in [-0.05, 0) is 56.1 Å². The highest BCUT2D eigenvalue weighted by Gasteiger charge is 2.55. The van der Waals surface area contributed by atoms with E-state index in [9.17, 15) is 4.79 Å². The topological polar surface area (TPSA) is 66.4 Å². The summed E-state index contributed by atoms with van der Waals surface area (Å²) in [7, 11) is 0.760. The number of oxime groups is 1. The fourth-order valence-electron chi connectivity index (χ4n) is 2.53. The van der Waals surface area contributed by atoms with Gasteiger partial charge in [-0.2, -0.15) is 0 Å². The van der Waals surface area contributed by atoms with E-state index in [0.29, 0.717) is 10.2 Å². The molecule has 1 aliphatic carbocycles. The van der Waals surface area contributed by atoms with Crippen molar-refractivity contribution in [2.24, 2.45) is 5.16 Å². The second kappa shape index (κ2) is 7.41. The Hall–Kier alpha value is -0.643. The number of esters is 1. The molecule has 0 aromatic carbocycles. The lowest BCUT2D eigenvalue weighted by molar-refractivity contribution is -0.132. The number of hydrogen-bond acceptors (Lipinski definition) is 6. The molecule has 2 aliphatic rings. The van der Waals surface area contributed by atoms with Crippen LogP contribution in [-0.2, 0) is 23.5 Å². The number of methoxy groups -OCH3 is 2. The number of carbonyl (C=O) groups is 1. The third-order valence-corrected chi connectivity index (χ3v) is 10.9. The van der Waals surface area contributed by atoms with Gasteiger partial charge in [0.05, 0.1) is 23.2 Å². The lowest BCUT2D eigenvalue weighted by Gasteiger charge is -2.44. The first-order chi connectivity index (χ1) is 11.9. The molecule has 1 aliphatic heterocycles. The van der Waals surface area contributed by atoms with Crippen LogP contribution in [-0.4, -0.2) is 45.9 Å². The smallest absolute Gasteiger partial charge is 0.356 e. The van der Waals surface area contributed by atoms with Gasteiger partial charge in [-0.25, -0.2) is 4.79 Å². The average Bonchev–Trinajstić information content (AvgIpc) is 2.94. The van der Waals surface area contributed by atoms with E-state index in [4.69, 9.17) is 18.7 Å². The molecule has 0 aromatic rings. The van der Waals surface area contributed by atoms with Crippen LogP contribution in [0.15, 0.2) is 26.0 Å². The maximum atomic E-state index is 11.9. The molecule has 0 saturated heterocycles. The zero-order chi connectivity index (χ0) is 19.9. The third kappa shape index (κ3) is 3.81. The summed E-state index contributed by atoms with van der Waals surface area (Å²) in [5.74, 6) is 0.129. The van der Waals surface area contributed by atoms with Crippen molar-refractivity contribution in [3.8, 4) is 0 Å². The molecule has 2 unspecified atom stereocenters. The molecule has 9 heteroatoms. The van der Waals surface area contributed by atoms with E-state index in [2.05, 4.69) is 70.9 Å². The standard InChI is InChI=1S/C17H25Br2NO5Si/c1-16(2,3)26(6,7)24-14-12(19)13(22-4)10(18)8-17(14)9-11(20-25-17)15(21)23-5/h8,14H,9H2,1-7H3. The first-order valence-electron chi connectivity index (χ1n) is 8.22. The normalized spacial score (nSPS) is 26.4. The van der Waals surface area contributed by atoms with Gasteiger partial charge in [0.1, 0.15) is 11.9 Å². The molecule has 2 atom stereocenters. The molecule has 0 bridgehead atoms. The van der Waals surface area contributed by atoms with Gasteiger partial charge in [0.25, 0.3) is 0 Å². The second-order valence-corrected chi connectivity index (χ2v) is 14.3. The van der Waals surface area contributed by atoms with Crippen LogP contribution in [0.1, 0.15) is 27.2 Å². The van der Waals surface area contributed by atoms with E-state index in [-0.39, 0.29) is 17.2 Å². The Bertz CT molecular complexity index is 696. The minimum absolute atomic E-state index is 0.00224. The average molecular weight is 511 g/mol. The van der Waals surface area contributed by atoms with Gasteiger partial charge in [0.2, 0.25) is 0 Å². The van der Waals surface area contributed by atoms with Crippen LogP contribution in [0.4, 0.5) is 0 Å². The zero-order valence-electron chi connectivity index (χ0n) is 16.1. The fraction of sp³-hybridized carbons (Fsp3) is 0.647.